The maximum absolute atomic E-state index is 9.04. The van der Waals surface area contributed by atoms with Gasteiger partial charge in [0.25, 0.3) is 0 Å². The Morgan fingerprint density at radius 1 is 1.38 bits per heavy atom. The van der Waals surface area contributed by atoms with E-state index in [1.807, 2.05) is 19.3 Å². The first-order chi connectivity index (χ1) is 11.8. The highest BCUT2D eigenvalue weighted by Crippen LogP contribution is 2.34. The van der Waals surface area contributed by atoms with Gasteiger partial charge in [0.2, 0.25) is 0 Å². The molecule has 6 nitrogen and oxygen atoms in total. The lowest BCUT2D eigenvalue weighted by molar-refractivity contribution is 0.864. The first kappa shape index (κ1) is 16.2. The quantitative estimate of drug-likeness (QED) is 0.757. The average Bonchev–Trinajstić information content (AvgIpc) is 3.28. The Hall–Kier alpha value is -2.65. The molecule has 0 bridgehead atoms. The number of H-pyrrole nitrogens is 1. The predicted octanol–water partition coefficient (Wildman–Crippen LogP) is 3.05. The van der Waals surface area contributed by atoms with Gasteiger partial charge in [-0.05, 0) is 38.6 Å². The minimum Gasteiger partial charge on any atom is -0.371 e. The van der Waals surface area contributed by atoms with E-state index in [9.17, 15) is 0 Å². The van der Waals surface area contributed by atoms with Gasteiger partial charge in [0.05, 0.1) is 17.1 Å². The molecule has 4 heterocycles. The summed E-state index contributed by atoms with van der Waals surface area (Å²) in [6.07, 6.45) is 6.02. The summed E-state index contributed by atoms with van der Waals surface area (Å²) in [5.74, 6) is 0. The second-order valence-electron chi connectivity index (χ2n) is 5.81. The maximum atomic E-state index is 9.04. The van der Waals surface area contributed by atoms with Gasteiger partial charge in [-0.25, -0.2) is 9.97 Å². The van der Waals surface area contributed by atoms with Crippen LogP contribution in [0.1, 0.15) is 26.9 Å². The number of nitrogens with zero attached hydrogens (tertiary/aromatic N) is 4. The average molecular weight is 324 g/mol. The first-order valence-corrected chi connectivity index (χ1v) is 8.34. The third-order valence-electron chi connectivity index (χ3n) is 4.27. The molecule has 0 spiro atoms. The number of hydrogen-bond donors (Lipinski definition) is 2. The summed E-state index contributed by atoms with van der Waals surface area (Å²) in [5.41, 5.74) is 3.43. The van der Waals surface area contributed by atoms with E-state index in [0.717, 1.165) is 41.6 Å². The van der Waals surface area contributed by atoms with Gasteiger partial charge in [-0.2, -0.15) is 5.26 Å². The van der Waals surface area contributed by atoms with Crippen LogP contribution in [0.2, 0.25) is 0 Å². The molecule has 1 saturated heterocycles. The molecule has 24 heavy (non-hydrogen) atoms. The molecule has 3 aromatic rings. The van der Waals surface area contributed by atoms with Crippen LogP contribution in [-0.4, -0.2) is 41.6 Å². The molecule has 0 aliphatic carbocycles. The van der Waals surface area contributed by atoms with E-state index in [2.05, 4.69) is 44.2 Å². The molecular formula is C18H24N6. The van der Waals surface area contributed by atoms with E-state index in [1.165, 1.54) is 18.5 Å². The molecule has 0 atom stereocenters. The fourth-order valence-corrected chi connectivity index (χ4v) is 2.98. The van der Waals surface area contributed by atoms with Crippen molar-refractivity contribution in [1.82, 2.24) is 20.3 Å². The van der Waals surface area contributed by atoms with Crippen LogP contribution in [0.4, 0.5) is 5.69 Å². The smallest absolute Gasteiger partial charge is 0.141 e. The van der Waals surface area contributed by atoms with E-state index >= 15 is 0 Å². The molecule has 1 aliphatic rings. The summed E-state index contributed by atoms with van der Waals surface area (Å²) in [6.45, 7) is 5.31. The second-order valence-corrected chi connectivity index (χ2v) is 5.81. The van der Waals surface area contributed by atoms with Gasteiger partial charge in [0.1, 0.15) is 17.4 Å². The van der Waals surface area contributed by atoms with Gasteiger partial charge in [0.15, 0.2) is 0 Å². The molecule has 1 aliphatic heterocycles. The zero-order chi connectivity index (χ0) is 16.9. The fourth-order valence-electron chi connectivity index (χ4n) is 2.98. The van der Waals surface area contributed by atoms with Gasteiger partial charge in [-0.3, -0.25) is 0 Å². The summed E-state index contributed by atoms with van der Waals surface area (Å²) in [5, 5.41) is 14.1. The van der Waals surface area contributed by atoms with Gasteiger partial charge in [0, 0.05) is 31.8 Å². The summed E-state index contributed by atoms with van der Waals surface area (Å²) >= 11 is 0. The Bertz CT molecular complexity index is 874. The summed E-state index contributed by atoms with van der Waals surface area (Å²) in [7, 11) is 1.93. The summed E-state index contributed by atoms with van der Waals surface area (Å²) in [4.78, 5) is 14.2. The van der Waals surface area contributed by atoms with Crippen LogP contribution in [0.25, 0.3) is 21.9 Å². The Kier molecular flexibility index (Phi) is 4.92. The molecule has 0 aromatic carbocycles. The standard InChI is InChI=1S/C15H13N5.C3H9N.H2/c16-8-10-7-11-12(9-18-10)19-15-14(11)13(3-4-17-15)20-5-1-2-6-20;1-3-4-2;/h3-4,7,9H,1-2,5-6H2,(H,17,19);4H,3H2,1-2H3;1H. The fraction of sp³-hybridized carbons (Fsp3) is 0.389. The number of aromatic amines is 1. The van der Waals surface area contributed by atoms with Crippen molar-refractivity contribution in [2.45, 2.75) is 19.8 Å². The van der Waals surface area contributed by atoms with Crippen LogP contribution in [0, 0.1) is 11.3 Å². The molecule has 0 unspecified atom stereocenters. The Labute approximate surface area is 143 Å². The topological polar surface area (TPSA) is 80.6 Å². The number of aromatic nitrogens is 3. The van der Waals surface area contributed by atoms with Crippen LogP contribution >= 0.6 is 0 Å². The zero-order valence-corrected chi connectivity index (χ0v) is 14.1. The molecular weight excluding hydrogens is 300 g/mol. The number of pyridine rings is 2. The van der Waals surface area contributed by atoms with Crippen LogP contribution in [0.15, 0.2) is 24.5 Å². The Morgan fingerprint density at radius 2 is 2.12 bits per heavy atom. The number of nitrogens with one attached hydrogen (secondary N) is 2. The molecule has 1 fully saturated rings. The van der Waals surface area contributed by atoms with E-state index in [0.29, 0.717) is 5.69 Å². The zero-order valence-electron chi connectivity index (χ0n) is 14.1. The van der Waals surface area contributed by atoms with Crippen molar-refractivity contribution in [1.29, 1.82) is 5.26 Å². The molecule has 126 valence electrons. The minimum absolute atomic E-state index is 0. The highest BCUT2D eigenvalue weighted by atomic mass is 15.1. The Balaban J connectivity index is 0.000000411. The largest absolute Gasteiger partial charge is 0.371 e. The molecule has 0 radical (unpaired) electrons. The molecule has 0 saturated carbocycles. The molecule has 4 rings (SSSR count). The predicted molar refractivity (Wildman–Crippen MR) is 99.3 cm³/mol. The van der Waals surface area contributed by atoms with Crippen molar-refractivity contribution >= 4 is 27.6 Å². The minimum atomic E-state index is 0. The lowest BCUT2D eigenvalue weighted by Crippen LogP contribution is -2.17. The SMILES string of the molecule is CCNC.N#Cc1cc2c(cn1)[nH]c1nccc(N3CCCC3)c12.[HH]. The maximum Gasteiger partial charge on any atom is 0.141 e. The van der Waals surface area contributed by atoms with Crippen molar-refractivity contribution in [3.63, 3.8) is 0 Å². The van der Waals surface area contributed by atoms with E-state index in [1.54, 1.807) is 6.20 Å². The number of nitriles is 1. The second kappa shape index (κ2) is 7.28. The Morgan fingerprint density at radius 3 is 2.79 bits per heavy atom. The summed E-state index contributed by atoms with van der Waals surface area (Å²) in [6, 6.07) is 6.01. The third-order valence-corrected chi connectivity index (χ3v) is 4.27. The molecule has 3 aromatic heterocycles. The molecule has 6 heteroatoms. The van der Waals surface area contributed by atoms with E-state index < -0.39 is 0 Å². The lowest BCUT2D eigenvalue weighted by Gasteiger charge is -2.18. The molecule has 2 N–H and O–H groups in total. The van der Waals surface area contributed by atoms with E-state index in [4.69, 9.17) is 5.26 Å². The van der Waals surface area contributed by atoms with Gasteiger partial charge < -0.3 is 15.2 Å². The highest BCUT2D eigenvalue weighted by molar-refractivity contribution is 6.12. The van der Waals surface area contributed by atoms with Crippen LogP contribution in [-0.2, 0) is 0 Å². The van der Waals surface area contributed by atoms with Crippen molar-refractivity contribution in [2.24, 2.45) is 0 Å². The van der Waals surface area contributed by atoms with Gasteiger partial charge in [-0.15, -0.1) is 0 Å². The van der Waals surface area contributed by atoms with Gasteiger partial charge in [-0.1, -0.05) is 6.92 Å². The first-order valence-electron chi connectivity index (χ1n) is 8.34. The van der Waals surface area contributed by atoms with Crippen molar-refractivity contribution in [3.8, 4) is 6.07 Å². The number of fused-ring (bicyclic) bond motifs is 3. The number of anilines is 1. The third kappa shape index (κ3) is 3.03. The van der Waals surface area contributed by atoms with Crippen LogP contribution in [0.5, 0.6) is 0 Å². The van der Waals surface area contributed by atoms with Crippen molar-refractivity contribution < 1.29 is 1.43 Å². The van der Waals surface area contributed by atoms with Crippen LogP contribution < -0.4 is 10.2 Å². The van der Waals surface area contributed by atoms with Crippen LogP contribution in [0.3, 0.4) is 0 Å². The lowest BCUT2D eigenvalue weighted by atomic mass is 10.1. The number of hydrogen-bond acceptors (Lipinski definition) is 5. The monoisotopic (exact) mass is 324 g/mol. The summed E-state index contributed by atoms with van der Waals surface area (Å²) < 4.78 is 0. The molecule has 0 amide bonds. The van der Waals surface area contributed by atoms with Crippen molar-refractivity contribution in [2.75, 3.05) is 31.6 Å². The van der Waals surface area contributed by atoms with Gasteiger partial charge >= 0.3 is 0 Å². The normalized spacial score (nSPS) is 13.8. The van der Waals surface area contributed by atoms with E-state index in [-0.39, 0.29) is 1.43 Å². The van der Waals surface area contributed by atoms with Crippen molar-refractivity contribution in [3.05, 3.63) is 30.2 Å². The highest BCUT2D eigenvalue weighted by Gasteiger charge is 2.18. The number of rotatable bonds is 2.